The summed E-state index contributed by atoms with van der Waals surface area (Å²) < 4.78 is 43.0. The fraction of sp³-hybridized carbons (Fsp3) is 0.467. The van der Waals surface area contributed by atoms with Crippen molar-refractivity contribution in [3.63, 3.8) is 0 Å². The third kappa shape index (κ3) is 4.38. The fourth-order valence-corrected chi connectivity index (χ4v) is 2.38. The first kappa shape index (κ1) is 18.1. The lowest BCUT2D eigenvalue weighted by molar-refractivity contribution is -0.173. The van der Waals surface area contributed by atoms with Gasteiger partial charge in [-0.25, -0.2) is 4.79 Å². The second-order valence-electron chi connectivity index (χ2n) is 5.12. The van der Waals surface area contributed by atoms with E-state index in [1.165, 1.54) is 4.57 Å². The van der Waals surface area contributed by atoms with Gasteiger partial charge < -0.3 is 10.1 Å². The predicted molar refractivity (Wildman–Crippen MR) is 81.8 cm³/mol. The molecule has 0 atom stereocenters. The number of fused-ring (bicyclic) bond motifs is 1. The van der Waals surface area contributed by atoms with Gasteiger partial charge in [0.25, 0.3) is 0 Å². The molecule has 1 N–H and O–H groups in total. The standard InChI is InChI=1S/C15H18F3N3O3/c1-2-20-11-5-3-4-6-12(11)21(14(20)23)9-13(22)19-7-8-24-10-15(16,17)18/h3-6H,2,7-10H2,1H3,(H,19,22). The summed E-state index contributed by atoms with van der Waals surface area (Å²) in [5.41, 5.74) is 1.06. The van der Waals surface area contributed by atoms with Crippen LogP contribution in [0.2, 0.25) is 0 Å². The predicted octanol–water partition coefficient (Wildman–Crippen LogP) is 1.52. The van der Waals surface area contributed by atoms with E-state index in [-0.39, 0.29) is 25.4 Å². The maximum Gasteiger partial charge on any atom is 0.411 e. The van der Waals surface area contributed by atoms with Crippen LogP contribution >= 0.6 is 0 Å². The highest BCUT2D eigenvalue weighted by Gasteiger charge is 2.27. The molecule has 132 valence electrons. The number of hydrogen-bond acceptors (Lipinski definition) is 3. The molecular formula is C15H18F3N3O3. The number of imidazole rings is 1. The maximum absolute atomic E-state index is 12.3. The number of nitrogens with zero attached hydrogens (tertiary/aromatic N) is 2. The minimum atomic E-state index is -4.39. The molecule has 2 aromatic rings. The average Bonchev–Trinajstić information content (AvgIpc) is 2.78. The Hall–Kier alpha value is -2.29. The van der Waals surface area contributed by atoms with Crippen LogP contribution in [0.1, 0.15) is 6.92 Å². The van der Waals surface area contributed by atoms with Gasteiger partial charge in [0.2, 0.25) is 5.91 Å². The highest BCUT2D eigenvalue weighted by atomic mass is 19.4. The smallest absolute Gasteiger partial charge is 0.370 e. The molecule has 9 heteroatoms. The van der Waals surface area contributed by atoms with E-state index in [9.17, 15) is 22.8 Å². The minimum absolute atomic E-state index is 0.0594. The van der Waals surface area contributed by atoms with Gasteiger partial charge in [0.15, 0.2) is 0 Å². The number of amides is 1. The van der Waals surface area contributed by atoms with Crippen LogP contribution in [0.4, 0.5) is 13.2 Å². The van der Waals surface area contributed by atoms with Gasteiger partial charge in [0, 0.05) is 13.1 Å². The Labute approximate surface area is 135 Å². The summed E-state index contributed by atoms with van der Waals surface area (Å²) in [6.07, 6.45) is -4.39. The Kier molecular flexibility index (Phi) is 5.66. The highest BCUT2D eigenvalue weighted by Crippen LogP contribution is 2.14. The molecule has 0 aliphatic carbocycles. The summed E-state index contributed by atoms with van der Waals surface area (Å²) >= 11 is 0. The molecule has 0 radical (unpaired) electrons. The number of benzene rings is 1. The largest absolute Gasteiger partial charge is 0.411 e. The molecule has 0 saturated carbocycles. The molecule has 0 saturated heterocycles. The zero-order valence-corrected chi connectivity index (χ0v) is 13.1. The van der Waals surface area contributed by atoms with Crippen molar-refractivity contribution in [2.24, 2.45) is 0 Å². The van der Waals surface area contributed by atoms with Crippen molar-refractivity contribution in [3.05, 3.63) is 34.7 Å². The summed E-state index contributed by atoms with van der Waals surface area (Å²) in [5, 5.41) is 2.44. The number of halogens is 3. The Morgan fingerprint density at radius 3 is 2.42 bits per heavy atom. The van der Waals surface area contributed by atoms with Crippen LogP contribution in [0.15, 0.2) is 29.1 Å². The maximum atomic E-state index is 12.3. The molecule has 24 heavy (non-hydrogen) atoms. The van der Waals surface area contributed by atoms with Crippen LogP contribution in [0.25, 0.3) is 11.0 Å². The van der Waals surface area contributed by atoms with Crippen LogP contribution in [0, 0.1) is 0 Å². The molecule has 6 nitrogen and oxygen atoms in total. The number of para-hydroxylation sites is 2. The second-order valence-corrected chi connectivity index (χ2v) is 5.12. The minimum Gasteiger partial charge on any atom is -0.370 e. The van der Waals surface area contributed by atoms with E-state index in [0.29, 0.717) is 12.1 Å². The van der Waals surface area contributed by atoms with Crippen molar-refractivity contribution in [2.75, 3.05) is 19.8 Å². The molecule has 0 aliphatic rings. The highest BCUT2D eigenvalue weighted by molar-refractivity contribution is 5.80. The number of nitrogens with one attached hydrogen (secondary N) is 1. The topological polar surface area (TPSA) is 65.3 Å². The van der Waals surface area contributed by atoms with Gasteiger partial charge >= 0.3 is 11.9 Å². The Bertz CT molecular complexity index is 765. The van der Waals surface area contributed by atoms with E-state index >= 15 is 0 Å². The van der Waals surface area contributed by atoms with Crippen molar-refractivity contribution in [1.29, 1.82) is 0 Å². The van der Waals surface area contributed by atoms with E-state index in [4.69, 9.17) is 0 Å². The summed E-state index contributed by atoms with van der Waals surface area (Å²) in [6, 6.07) is 7.10. The van der Waals surface area contributed by atoms with Crippen LogP contribution in [-0.2, 0) is 22.6 Å². The fourth-order valence-electron chi connectivity index (χ4n) is 2.38. The van der Waals surface area contributed by atoms with E-state index in [2.05, 4.69) is 10.1 Å². The van der Waals surface area contributed by atoms with Crippen molar-refractivity contribution in [2.45, 2.75) is 26.2 Å². The number of ether oxygens (including phenoxy) is 1. The van der Waals surface area contributed by atoms with Gasteiger partial charge in [0.1, 0.15) is 13.2 Å². The second kappa shape index (κ2) is 7.52. The van der Waals surface area contributed by atoms with Gasteiger partial charge in [-0.15, -0.1) is 0 Å². The molecule has 1 heterocycles. The van der Waals surface area contributed by atoms with Gasteiger partial charge in [-0.3, -0.25) is 13.9 Å². The first-order valence-corrected chi connectivity index (χ1v) is 7.42. The summed E-state index contributed by atoms with van der Waals surface area (Å²) in [5.74, 6) is -0.466. The Balaban J connectivity index is 1.96. The number of carbonyl (C=O) groups excluding carboxylic acids is 1. The van der Waals surface area contributed by atoms with Crippen molar-refractivity contribution < 1.29 is 22.7 Å². The van der Waals surface area contributed by atoms with Gasteiger partial charge in [-0.1, -0.05) is 12.1 Å². The Morgan fingerprint density at radius 1 is 1.21 bits per heavy atom. The zero-order valence-electron chi connectivity index (χ0n) is 13.1. The number of aromatic nitrogens is 2. The number of rotatable bonds is 7. The molecule has 0 bridgehead atoms. The molecule has 1 aromatic heterocycles. The van der Waals surface area contributed by atoms with Crippen LogP contribution in [0.5, 0.6) is 0 Å². The Morgan fingerprint density at radius 2 is 1.83 bits per heavy atom. The van der Waals surface area contributed by atoms with Crippen LogP contribution in [0.3, 0.4) is 0 Å². The average molecular weight is 345 g/mol. The lowest BCUT2D eigenvalue weighted by atomic mass is 10.3. The third-order valence-corrected chi connectivity index (χ3v) is 3.38. The van der Waals surface area contributed by atoms with Crippen LogP contribution in [-0.4, -0.2) is 41.0 Å². The number of carbonyl (C=O) groups is 1. The van der Waals surface area contributed by atoms with Crippen molar-refractivity contribution in [1.82, 2.24) is 14.5 Å². The monoisotopic (exact) mass is 345 g/mol. The molecule has 0 aliphatic heterocycles. The van der Waals surface area contributed by atoms with Gasteiger partial charge in [-0.2, -0.15) is 13.2 Å². The molecule has 1 amide bonds. The van der Waals surface area contributed by atoms with E-state index in [1.807, 2.05) is 6.92 Å². The lowest BCUT2D eigenvalue weighted by Crippen LogP contribution is -2.35. The van der Waals surface area contributed by atoms with E-state index < -0.39 is 18.7 Å². The van der Waals surface area contributed by atoms with Gasteiger partial charge in [0.05, 0.1) is 17.6 Å². The quantitative estimate of drug-likeness (QED) is 0.774. The summed E-state index contributed by atoms with van der Waals surface area (Å²) in [4.78, 5) is 24.2. The molecular weight excluding hydrogens is 327 g/mol. The van der Waals surface area contributed by atoms with E-state index in [1.54, 1.807) is 28.8 Å². The number of aryl methyl sites for hydroxylation is 1. The SMILES string of the molecule is CCn1c(=O)n(CC(=O)NCCOCC(F)(F)F)c2ccccc21. The first-order chi connectivity index (χ1) is 11.3. The normalized spacial score (nSPS) is 11.8. The van der Waals surface area contributed by atoms with Crippen molar-refractivity contribution in [3.8, 4) is 0 Å². The zero-order chi connectivity index (χ0) is 17.7. The van der Waals surface area contributed by atoms with Crippen molar-refractivity contribution >= 4 is 16.9 Å². The molecule has 0 unspecified atom stereocenters. The van der Waals surface area contributed by atoms with E-state index in [0.717, 1.165) is 5.52 Å². The van der Waals surface area contributed by atoms with Gasteiger partial charge in [-0.05, 0) is 19.1 Å². The summed E-state index contributed by atoms with van der Waals surface area (Å²) in [6.45, 7) is 0.431. The van der Waals surface area contributed by atoms with Crippen LogP contribution < -0.4 is 11.0 Å². The third-order valence-electron chi connectivity index (χ3n) is 3.38. The number of hydrogen-bond donors (Lipinski definition) is 1. The molecule has 0 fully saturated rings. The first-order valence-electron chi connectivity index (χ1n) is 7.42. The molecule has 1 aromatic carbocycles. The summed E-state index contributed by atoms with van der Waals surface area (Å²) in [7, 11) is 0. The lowest BCUT2D eigenvalue weighted by Gasteiger charge is -2.09. The molecule has 2 rings (SSSR count). The number of alkyl halides is 3. The molecule has 0 spiro atoms.